The highest BCUT2D eigenvalue weighted by molar-refractivity contribution is 7.33. The van der Waals surface area contributed by atoms with Gasteiger partial charge in [-0.2, -0.15) is 0 Å². The first-order valence-electron chi connectivity index (χ1n) is 5.00. The second-order valence-corrected chi connectivity index (χ2v) is 3.92. The third kappa shape index (κ3) is 5.05. The van der Waals surface area contributed by atoms with Crippen molar-refractivity contribution in [2.75, 3.05) is 13.8 Å². The lowest BCUT2D eigenvalue weighted by atomic mass is 10.2. The average Bonchev–Trinajstić information content (AvgIpc) is 2.37. The normalized spacial score (nSPS) is 11.3. The van der Waals surface area contributed by atoms with E-state index < -0.39 is 14.2 Å². The summed E-state index contributed by atoms with van der Waals surface area (Å²) in [5.41, 5.74) is 5.83. The van der Waals surface area contributed by atoms with Gasteiger partial charge >= 0.3 is 14.2 Å². The number of carbonyl (C=O) groups excluding carboxylic acids is 1. The van der Waals surface area contributed by atoms with E-state index in [4.69, 9.17) is 10.3 Å². The summed E-state index contributed by atoms with van der Waals surface area (Å²) in [5, 5.41) is 0. The summed E-state index contributed by atoms with van der Waals surface area (Å²) in [6, 6.07) is 6.59. The van der Waals surface area contributed by atoms with Crippen molar-refractivity contribution in [3.63, 3.8) is 0 Å². The van der Waals surface area contributed by atoms with Crippen LogP contribution in [0.3, 0.4) is 0 Å². The van der Waals surface area contributed by atoms with Crippen molar-refractivity contribution in [1.82, 2.24) is 0 Å². The molecule has 0 spiro atoms. The molecule has 7 heteroatoms. The first-order chi connectivity index (χ1) is 8.65. The fraction of sp³-hybridized carbons (Fsp3) is 0.182. The first-order valence-corrected chi connectivity index (χ1v) is 6.09. The van der Waals surface area contributed by atoms with Crippen molar-refractivity contribution >= 4 is 20.3 Å². The van der Waals surface area contributed by atoms with Gasteiger partial charge in [-0.05, 0) is 23.8 Å². The van der Waals surface area contributed by atoms with E-state index in [1.165, 1.54) is 13.2 Å². The summed E-state index contributed by atoms with van der Waals surface area (Å²) in [6.45, 7) is -0.171. The molecule has 0 fully saturated rings. The summed E-state index contributed by atoms with van der Waals surface area (Å²) in [4.78, 5) is 10.9. The molecule has 0 aliphatic heterocycles. The zero-order chi connectivity index (χ0) is 13.4. The van der Waals surface area contributed by atoms with Gasteiger partial charge < -0.3 is 10.5 Å². The van der Waals surface area contributed by atoms with Crippen molar-refractivity contribution in [1.29, 1.82) is 0 Å². The summed E-state index contributed by atoms with van der Waals surface area (Å²) >= 11 is 0. The van der Waals surface area contributed by atoms with Crippen LogP contribution in [0, 0.1) is 0 Å². The van der Waals surface area contributed by atoms with E-state index in [-0.39, 0.29) is 6.73 Å². The van der Waals surface area contributed by atoms with Crippen LogP contribution >= 0.6 is 8.25 Å². The lowest BCUT2D eigenvalue weighted by Gasteiger charge is -1.95. The molecule has 6 nitrogen and oxygen atoms in total. The first kappa shape index (κ1) is 14.3. The molecule has 96 valence electrons. The van der Waals surface area contributed by atoms with Gasteiger partial charge in [0.2, 0.25) is 0 Å². The molecule has 2 N–H and O–H groups in total. The van der Waals surface area contributed by atoms with E-state index in [1.807, 2.05) is 0 Å². The van der Waals surface area contributed by atoms with Gasteiger partial charge in [0, 0.05) is 10.6 Å². The Bertz CT molecular complexity index is 443. The monoisotopic (exact) mass is 270 g/mol. The van der Waals surface area contributed by atoms with Gasteiger partial charge in [0.1, 0.15) is 0 Å². The van der Waals surface area contributed by atoms with Crippen LogP contribution in [0.2, 0.25) is 0 Å². The highest BCUT2D eigenvalue weighted by Gasteiger charge is 2.20. The van der Waals surface area contributed by atoms with Crippen LogP contribution in [0.25, 0.3) is 6.08 Å². The van der Waals surface area contributed by atoms with Gasteiger partial charge in [-0.25, -0.2) is 9.32 Å². The van der Waals surface area contributed by atoms with E-state index in [0.29, 0.717) is 5.75 Å². The Hall–Kier alpha value is -1.75. The summed E-state index contributed by atoms with van der Waals surface area (Å²) < 4.78 is 25.1. The molecule has 0 bridgehead atoms. The van der Waals surface area contributed by atoms with Crippen molar-refractivity contribution in [3.05, 3.63) is 35.9 Å². The molecule has 1 atom stereocenters. The van der Waals surface area contributed by atoms with Crippen LogP contribution in [-0.2, 0) is 18.6 Å². The lowest BCUT2D eigenvalue weighted by molar-refractivity contribution is -0.134. The van der Waals surface area contributed by atoms with Crippen LogP contribution in [0.4, 0.5) is 0 Å². The zero-order valence-corrected chi connectivity index (χ0v) is 10.6. The van der Waals surface area contributed by atoms with Crippen molar-refractivity contribution in [3.8, 4) is 5.75 Å². The van der Waals surface area contributed by atoms with Gasteiger partial charge in [0.15, 0.2) is 12.5 Å². The number of hydrogen-bond acceptors (Lipinski definition) is 6. The quantitative estimate of drug-likeness (QED) is 0.367. The van der Waals surface area contributed by atoms with Gasteiger partial charge in [-0.1, -0.05) is 16.7 Å². The minimum atomic E-state index is -2.25. The number of rotatable bonds is 6. The number of carbonyl (C=O) groups is 1. The minimum absolute atomic E-state index is 0.171. The van der Waals surface area contributed by atoms with Crippen LogP contribution in [0.5, 0.6) is 5.75 Å². The number of hydrogen-bond donors (Lipinski definition) is 1. The molecule has 0 saturated heterocycles. The van der Waals surface area contributed by atoms with Gasteiger partial charge in [0.25, 0.3) is 0 Å². The van der Waals surface area contributed by atoms with E-state index in [0.717, 1.165) is 5.56 Å². The van der Waals surface area contributed by atoms with Crippen LogP contribution < -0.4 is 10.3 Å². The molecule has 1 unspecified atom stereocenters. The summed E-state index contributed by atoms with van der Waals surface area (Å²) in [7, 11) is -0.951. The third-order valence-electron chi connectivity index (χ3n) is 1.85. The fourth-order valence-corrected chi connectivity index (χ4v) is 1.51. The summed E-state index contributed by atoms with van der Waals surface area (Å²) in [6.07, 6.45) is 2.89. The Morgan fingerprint density at radius 2 is 2.06 bits per heavy atom. The highest BCUT2D eigenvalue weighted by atomic mass is 31.1. The van der Waals surface area contributed by atoms with Gasteiger partial charge in [0.05, 0.1) is 7.11 Å². The number of nitrogens with two attached hydrogens (primary N) is 1. The van der Waals surface area contributed by atoms with Crippen molar-refractivity contribution < 1.29 is 23.1 Å². The molecule has 18 heavy (non-hydrogen) atoms. The van der Waals surface area contributed by atoms with Crippen molar-refractivity contribution in [2.24, 2.45) is 5.73 Å². The smallest absolute Gasteiger partial charge is 0.466 e. The third-order valence-corrected chi connectivity index (χ3v) is 2.57. The second-order valence-electron chi connectivity index (χ2n) is 3.04. The molecule has 0 aromatic heterocycles. The standard InChI is InChI=1S/C11H13NO5P/c1-15-11(13)7-4-9-2-5-10(6-3-9)17-18(14)16-8-12/h2-7H,8,12H2,1H3/q+1. The summed E-state index contributed by atoms with van der Waals surface area (Å²) in [5.74, 6) is -0.0467. The lowest BCUT2D eigenvalue weighted by Crippen LogP contribution is -2.00. The highest BCUT2D eigenvalue weighted by Crippen LogP contribution is 2.27. The number of benzene rings is 1. The maximum Gasteiger partial charge on any atom is 0.751 e. The molecule has 1 rings (SSSR count). The molecule has 1 aromatic rings. The van der Waals surface area contributed by atoms with E-state index in [2.05, 4.69) is 9.26 Å². The predicted molar refractivity (Wildman–Crippen MR) is 65.9 cm³/mol. The Balaban J connectivity index is 2.60. The SMILES string of the molecule is COC(=O)C=Cc1ccc(O[P+](=O)OCN)cc1. The molecule has 0 aliphatic carbocycles. The molecule has 0 amide bonds. The topological polar surface area (TPSA) is 87.8 Å². The van der Waals surface area contributed by atoms with Crippen LogP contribution in [0.15, 0.2) is 30.3 Å². The minimum Gasteiger partial charge on any atom is -0.466 e. The van der Waals surface area contributed by atoms with Crippen molar-refractivity contribution in [2.45, 2.75) is 0 Å². The van der Waals surface area contributed by atoms with Gasteiger partial charge in [-0.15, -0.1) is 0 Å². The average molecular weight is 270 g/mol. The van der Waals surface area contributed by atoms with E-state index in [9.17, 15) is 9.36 Å². The molecule has 0 heterocycles. The molecular formula is C11H13NO5P+. The van der Waals surface area contributed by atoms with Crippen LogP contribution in [-0.4, -0.2) is 19.8 Å². The molecule has 0 radical (unpaired) electrons. The maximum atomic E-state index is 11.1. The van der Waals surface area contributed by atoms with E-state index >= 15 is 0 Å². The largest absolute Gasteiger partial charge is 0.751 e. The number of ether oxygens (including phenoxy) is 1. The van der Waals surface area contributed by atoms with Crippen LogP contribution in [0.1, 0.15) is 5.56 Å². The number of esters is 1. The molecular weight excluding hydrogens is 257 g/mol. The molecule has 1 aromatic carbocycles. The Kier molecular flexibility index (Phi) is 6.00. The maximum absolute atomic E-state index is 11.1. The van der Waals surface area contributed by atoms with Gasteiger partial charge in [-0.3, -0.25) is 0 Å². The fourth-order valence-electron chi connectivity index (χ4n) is 1.05. The zero-order valence-electron chi connectivity index (χ0n) is 9.74. The Morgan fingerprint density at radius 1 is 1.39 bits per heavy atom. The molecule has 0 saturated carbocycles. The number of methoxy groups -OCH3 is 1. The predicted octanol–water partition coefficient (Wildman–Crippen LogP) is 1.84. The molecule has 0 aliphatic rings. The second kappa shape index (κ2) is 7.55. The Labute approximate surface area is 105 Å². The Morgan fingerprint density at radius 3 is 2.61 bits per heavy atom. The van der Waals surface area contributed by atoms with E-state index in [1.54, 1.807) is 30.3 Å².